The van der Waals surface area contributed by atoms with E-state index in [0.717, 1.165) is 0 Å². The highest BCUT2D eigenvalue weighted by atomic mass is 19.1. The van der Waals surface area contributed by atoms with E-state index in [0.29, 0.717) is 22.5 Å². The lowest BCUT2D eigenvalue weighted by Gasteiger charge is -2.18. The van der Waals surface area contributed by atoms with Crippen molar-refractivity contribution in [3.8, 4) is 6.07 Å². The zero-order valence-electron chi connectivity index (χ0n) is 14.6. The average molecular weight is 360 g/mol. The highest BCUT2D eigenvalue weighted by molar-refractivity contribution is 5.92. The third-order valence-electron chi connectivity index (χ3n) is 4.08. The van der Waals surface area contributed by atoms with E-state index in [-0.39, 0.29) is 11.7 Å². The fourth-order valence-electron chi connectivity index (χ4n) is 2.74. The van der Waals surface area contributed by atoms with E-state index in [4.69, 9.17) is 5.26 Å². The van der Waals surface area contributed by atoms with E-state index in [2.05, 4.69) is 16.4 Å². The molecule has 1 amide bonds. The third kappa shape index (κ3) is 4.28. The molecule has 134 valence electrons. The van der Waals surface area contributed by atoms with Crippen LogP contribution < -0.4 is 5.32 Å². The molecule has 0 radical (unpaired) electrons. The Kier molecular flexibility index (Phi) is 5.43. The van der Waals surface area contributed by atoms with Crippen molar-refractivity contribution in [3.05, 3.63) is 95.3 Å². The highest BCUT2D eigenvalue weighted by Crippen LogP contribution is 2.21. The maximum atomic E-state index is 13.7. The van der Waals surface area contributed by atoms with Crippen molar-refractivity contribution in [2.45, 2.75) is 6.04 Å². The van der Waals surface area contributed by atoms with Crippen LogP contribution in [0.1, 0.15) is 28.6 Å². The Balaban J connectivity index is 1.86. The third-order valence-corrected chi connectivity index (χ3v) is 4.08. The number of aromatic nitrogens is 2. The SMILES string of the molecule is Cn1ccnc1C(NC(=O)/C=C/c1ccccc1C#N)c1cccc(F)c1. The van der Waals surface area contributed by atoms with E-state index in [1.807, 2.05) is 0 Å². The summed E-state index contributed by atoms with van der Waals surface area (Å²) < 4.78 is 15.4. The van der Waals surface area contributed by atoms with Gasteiger partial charge in [-0.25, -0.2) is 9.37 Å². The summed E-state index contributed by atoms with van der Waals surface area (Å²) in [5.74, 6) is -0.181. The first-order valence-corrected chi connectivity index (χ1v) is 8.29. The second-order valence-electron chi connectivity index (χ2n) is 5.93. The van der Waals surface area contributed by atoms with Gasteiger partial charge >= 0.3 is 0 Å². The summed E-state index contributed by atoms with van der Waals surface area (Å²) in [6.45, 7) is 0. The molecule has 2 aromatic carbocycles. The molecule has 3 rings (SSSR count). The summed E-state index contributed by atoms with van der Waals surface area (Å²) in [5.41, 5.74) is 1.71. The molecular weight excluding hydrogens is 343 g/mol. The highest BCUT2D eigenvalue weighted by Gasteiger charge is 2.20. The summed E-state index contributed by atoms with van der Waals surface area (Å²) >= 11 is 0. The van der Waals surface area contributed by atoms with Gasteiger partial charge in [-0.15, -0.1) is 0 Å². The Morgan fingerprint density at radius 3 is 2.81 bits per heavy atom. The molecule has 27 heavy (non-hydrogen) atoms. The fraction of sp³-hybridized carbons (Fsp3) is 0.0952. The smallest absolute Gasteiger partial charge is 0.244 e. The summed E-state index contributed by atoms with van der Waals surface area (Å²) in [6, 6.07) is 14.5. The van der Waals surface area contributed by atoms with Crippen LogP contribution in [0.3, 0.4) is 0 Å². The van der Waals surface area contributed by atoms with Gasteiger partial charge in [-0.1, -0.05) is 30.3 Å². The van der Waals surface area contributed by atoms with Gasteiger partial charge in [0.2, 0.25) is 5.91 Å². The molecule has 6 heteroatoms. The maximum absolute atomic E-state index is 13.7. The molecule has 1 N–H and O–H groups in total. The number of halogens is 1. The van der Waals surface area contributed by atoms with Crippen LogP contribution in [-0.2, 0) is 11.8 Å². The molecule has 0 saturated heterocycles. The lowest BCUT2D eigenvalue weighted by Crippen LogP contribution is -2.29. The number of benzene rings is 2. The van der Waals surface area contributed by atoms with Crippen molar-refractivity contribution in [2.75, 3.05) is 0 Å². The fourth-order valence-corrected chi connectivity index (χ4v) is 2.74. The first-order chi connectivity index (χ1) is 13.1. The van der Waals surface area contributed by atoms with Crippen molar-refractivity contribution in [3.63, 3.8) is 0 Å². The van der Waals surface area contributed by atoms with Gasteiger partial charge in [0, 0.05) is 25.5 Å². The zero-order valence-corrected chi connectivity index (χ0v) is 14.6. The zero-order chi connectivity index (χ0) is 19.2. The molecule has 1 aromatic heterocycles. The van der Waals surface area contributed by atoms with Gasteiger partial charge in [0.1, 0.15) is 17.7 Å². The Morgan fingerprint density at radius 1 is 1.30 bits per heavy atom. The van der Waals surface area contributed by atoms with E-state index < -0.39 is 6.04 Å². The predicted molar refractivity (Wildman–Crippen MR) is 99.8 cm³/mol. The molecule has 0 fully saturated rings. The number of carbonyl (C=O) groups excluding carboxylic acids is 1. The minimum absolute atomic E-state index is 0.375. The van der Waals surface area contributed by atoms with E-state index in [9.17, 15) is 9.18 Å². The molecule has 0 bridgehead atoms. The number of carbonyl (C=O) groups is 1. The monoisotopic (exact) mass is 360 g/mol. The Bertz CT molecular complexity index is 1030. The first kappa shape index (κ1) is 18.1. The summed E-state index contributed by atoms with van der Waals surface area (Å²) in [5, 5.41) is 12.0. The number of hydrogen-bond acceptors (Lipinski definition) is 3. The van der Waals surface area contributed by atoms with Crippen LogP contribution in [-0.4, -0.2) is 15.5 Å². The number of nitrogens with one attached hydrogen (secondary N) is 1. The topological polar surface area (TPSA) is 70.7 Å². The molecular formula is C21H17FN4O. The van der Waals surface area contributed by atoms with Gasteiger partial charge in [-0.3, -0.25) is 4.79 Å². The van der Waals surface area contributed by atoms with E-state index in [1.165, 1.54) is 18.2 Å². The van der Waals surface area contributed by atoms with Gasteiger partial charge in [0.25, 0.3) is 0 Å². The van der Waals surface area contributed by atoms with Crippen molar-refractivity contribution in [1.29, 1.82) is 5.26 Å². The van der Waals surface area contributed by atoms with Crippen LogP contribution in [0.2, 0.25) is 0 Å². The van der Waals surface area contributed by atoms with Gasteiger partial charge in [-0.2, -0.15) is 5.26 Å². The van der Waals surface area contributed by atoms with Crippen molar-refractivity contribution >= 4 is 12.0 Å². The maximum Gasteiger partial charge on any atom is 0.244 e. The number of hydrogen-bond donors (Lipinski definition) is 1. The number of rotatable bonds is 5. The van der Waals surface area contributed by atoms with Crippen LogP contribution in [0.5, 0.6) is 0 Å². The number of imidazole rings is 1. The molecule has 3 aromatic rings. The average Bonchev–Trinajstić information content (AvgIpc) is 3.10. The number of nitriles is 1. The standard InChI is InChI=1S/C21H17FN4O/c1-26-12-11-24-21(26)20(16-7-4-8-18(22)13-16)25-19(27)10-9-15-5-2-3-6-17(15)14-23/h2-13,20H,1H3,(H,25,27)/b10-9+. The second-order valence-corrected chi connectivity index (χ2v) is 5.93. The van der Waals surface area contributed by atoms with Crippen molar-refractivity contribution in [1.82, 2.24) is 14.9 Å². The van der Waals surface area contributed by atoms with E-state index >= 15 is 0 Å². The molecule has 0 aliphatic rings. The van der Waals surface area contributed by atoms with Gasteiger partial charge in [-0.05, 0) is 35.4 Å². The second kappa shape index (κ2) is 8.11. The largest absolute Gasteiger partial charge is 0.339 e. The number of amides is 1. The van der Waals surface area contributed by atoms with Gasteiger partial charge in [0.05, 0.1) is 11.6 Å². The number of aryl methyl sites for hydroxylation is 1. The summed E-state index contributed by atoms with van der Waals surface area (Å²) in [4.78, 5) is 16.8. The molecule has 1 atom stereocenters. The molecule has 1 heterocycles. The van der Waals surface area contributed by atoms with Crippen LogP contribution >= 0.6 is 0 Å². The minimum Gasteiger partial charge on any atom is -0.339 e. The lowest BCUT2D eigenvalue weighted by atomic mass is 10.1. The van der Waals surface area contributed by atoms with Crippen LogP contribution in [0.15, 0.2) is 67.0 Å². The molecule has 0 spiro atoms. The van der Waals surface area contributed by atoms with Gasteiger partial charge in [0.15, 0.2) is 0 Å². The van der Waals surface area contributed by atoms with Gasteiger partial charge < -0.3 is 9.88 Å². The number of nitrogens with zero attached hydrogens (tertiary/aromatic N) is 3. The Hall–Kier alpha value is -3.72. The predicted octanol–water partition coefficient (Wildman–Crippen LogP) is 3.35. The molecule has 0 aliphatic heterocycles. The Labute approximate surface area is 156 Å². The molecule has 0 aliphatic carbocycles. The van der Waals surface area contributed by atoms with Crippen LogP contribution in [0.25, 0.3) is 6.08 Å². The van der Waals surface area contributed by atoms with E-state index in [1.54, 1.807) is 66.5 Å². The first-order valence-electron chi connectivity index (χ1n) is 8.29. The summed E-state index contributed by atoms with van der Waals surface area (Å²) in [7, 11) is 1.81. The Morgan fingerprint density at radius 2 is 2.11 bits per heavy atom. The van der Waals surface area contributed by atoms with Crippen LogP contribution in [0, 0.1) is 17.1 Å². The molecule has 5 nitrogen and oxygen atoms in total. The minimum atomic E-state index is -0.607. The quantitative estimate of drug-likeness (QED) is 0.710. The normalized spacial score (nSPS) is 11.9. The lowest BCUT2D eigenvalue weighted by molar-refractivity contribution is -0.117. The molecule has 1 unspecified atom stereocenters. The van der Waals surface area contributed by atoms with Crippen molar-refractivity contribution in [2.24, 2.45) is 7.05 Å². The summed E-state index contributed by atoms with van der Waals surface area (Å²) in [6.07, 6.45) is 6.31. The van der Waals surface area contributed by atoms with Crippen LogP contribution in [0.4, 0.5) is 4.39 Å². The van der Waals surface area contributed by atoms with Crippen molar-refractivity contribution < 1.29 is 9.18 Å². The molecule has 0 saturated carbocycles.